The summed E-state index contributed by atoms with van der Waals surface area (Å²) in [7, 11) is 4.37. The molecule has 21 nitrogen and oxygen atoms in total. The number of ether oxygens (including phenoxy) is 3. The van der Waals surface area contributed by atoms with Gasteiger partial charge >= 0.3 is 11.9 Å². The number of methoxy groups -OCH3 is 1. The number of ketones is 1. The van der Waals surface area contributed by atoms with Crippen LogP contribution in [0.15, 0.2) is 24.3 Å². The van der Waals surface area contributed by atoms with Crippen LogP contribution in [0.5, 0.6) is 5.75 Å². The fourth-order valence-corrected chi connectivity index (χ4v) is 10.5. The molecule has 0 radical (unpaired) electrons. The van der Waals surface area contributed by atoms with Crippen LogP contribution in [0.3, 0.4) is 0 Å². The number of nitrogens with zero attached hydrogens (tertiary/aromatic N) is 4. The third-order valence-electron chi connectivity index (χ3n) is 15.5. The Morgan fingerprint density at radius 3 is 2.08 bits per heavy atom. The Balaban J connectivity index is 1.89. The first kappa shape index (κ1) is 64.4. The van der Waals surface area contributed by atoms with Gasteiger partial charge in [0, 0.05) is 40.0 Å². The van der Waals surface area contributed by atoms with Crippen LogP contribution in [-0.4, -0.2) is 179 Å². The summed E-state index contributed by atoms with van der Waals surface area (Å²) in [4.78, 5) is 149. The van der Waals surface area contributed by atoms with E-state index in [2.05, 4.69) is 16.0 Å². The second-order valence-corrected chi connectivity index (χ2v) is 22.7. The molecule has 4 N–H and O–H groups in total. The molecule has 3 fully saturated rings. The lowest BCUT2D eigenvalue weighted by Crippen LogP contribution is -2.62. The second-order valence-electron chi connectivity index (χ2n) is 22.7. The summed E-state index contributed by atoms with van der Waals surface area (Å²) in [5.74, 6) is -9.45. The zero-order chi connectivity index (χ0) is 58.5. The summed E-state index contributed by atoms with van der Waals surface area (Å²) >= 11 is 0. The van der Waals surface area contributed by atoms with Crippen LogP contribution in [-0.2, 0) is 63.8 Å². The van der Waals surface area contributed by atoms with Crippen LogP contribution in [0.4, 0.5) is 0 Å². The highest BCUT2D eigenvalue weighted by molar-refractivity contribution is 6.05. The van der Waals surface area contributed by atoms with Gasteiger partial charge in [-0.3, -0.25) is 43.2 Å². The van der Waals surface area contributed by atoms with Crippen molar-refractivity contribution in [3.63, 3.8) is 0 Å². The number of aliphatic hydroxyl groups excluding tert-OH is 1. The monoisotopic (exact) mass is 1100 g/mol. The predicted octanol–water partition coefficient (Wildman–Crippen LogP) is 3.35. The number of aliphatic hydroxyl groups is 1. The topological polar surface area (TPSA) is 268 Å². The van der Waals surface area contributed by atoms with Gasteiger partial charge in [0.2, 0.25) is 41.4 Å². The smallest absolute Gasteiger partial charge is 0.329 e. The van der Waals surface area contributed by atoms with Crippen molar-refractivity contribution in [1.82, 2.24) is 35.6 Å². The van der Waals surface area contributed by atoms with Gasteiger partial charge in [-0.1, -0.05) is 80.9 Å². The van der Waals surface area contributed by atoms with Crippen molar-refractivity contribution in [2.45, 2.75) is 201 Å². The molecule has 3 aliphatic heterocycles. The van der Waals surface area contributed by atoms with E-state index in [4.69, 9.17) is 14.2 Å². The van der Waals surface area contributed by atoms with Gasteiger partial charge in [0.05, 0.1) is 31.6 Å². The molecule has 7 amide bonds. The van der Waals surface area contributed by atoms with Gasteiger partial charge in [-0.05, 0) is 93.7 Å². The van der Waals surface area contributed by atoms with E-state index < -0.39 is 138 Å². The van der Waals surface area contributed by atoms with E-state index >= 15 is 0 Å². The molecule has 21 heteroatoms. The summed E-state index contributed by atoms with van der Waals surface area (Å²) in [5, 5.41) is 20.2. The minimum atomic E-state index is -1.73. The molecule has 0 aliphatic carbocycles. The van der Waals surface area contributed by atoms with Crippen molar-refractivity contribution in [1.29, 1.82) is 0 Å². The Kier molecular flexibility index (Phi) is 24.1. The van der Waals surface area contributed by atoms with Crippen molar-refractivity contribution in [3.8, 4) is 5.75 Å². The van der Waals surface area contributed by atoms with Crippen molar-refractivity contribution < 1.29 is 67.3 Å². The van der Waals surface area contributed by atoms with Gasteiger partial charge in [0.25, 0.3) is 0 Å². The number of nitrogens with one attached hydrogen (secondary N) is 3. The number of benzene rings is 1. The fraction of sp³-hybridized carbons (Fsp3) is 0.719. The third kappa shape index (κ3) is 16.5. The van der Waals surface area contributed by atoms with Gasteiger partial charge < -0.3 is 54.9 Å². The SMILES string of the molecule is CCC(=O)N1CCC[C@H]1C(=O)N(C)[C@H](CC(C)C)C(=O)N[C@@H]1C(=O)N[C@@H]([C@@H](C)CC)[C@@H](O)CC(=O)O[C@@H](C(C)C)C(=O)[C@H](C)C(=O)N[C@@H](CC(C)C)C(=O)N2CCC[C@H]2C(=O)N(C)[C@@H](Cc2ccc(OC)cc2)C(=O)O[C@@H]1C. The van der Waals surface area contributed by atoms with Gasteiger partial charge in [-0.2, -0.15) is 0 Å². The van der Waals surface area contributed by atoms with Crippen molar-refractivity contribution in [3.05, 3.63) is 29.8 Å². The number of likely N-dealkylation sites (N-methyl/N-ethyl adjacent to an activating group) is 2. The van der Waals surface area contributed by atoms with Gasteiger partial charge in [0.15, 0.2) is 11.9 Å². The standard InChI is InChI=1S/C57H89N7O14/c1-15-34(9)47-44(65)30-46(67)78-50(33(7)8)49(68)35(10)51(69)58-39(27-31(3)4)54(72)64-26-18-20-41(64)56(74)62(13)43(29-37-21-23-38(76-14)24-22-37)57(75)77-36(11)48(53(71)59-47)60-52(70)42(28-32(5)6)61(12)55(73)40-19-17-25-63(40)45(66)16-2/h21-24,31-36,39-44,47-48,50,65H,15-20,25-30H2,1-14H3,(H,58,69)(H,59,71)(H,60,70)/t34-,35-,36+,39-,40-,41-,42+,43-,44-,47-,48-,50-/m0/s1. The summed E-state index contributed by atoms with van der Waals surface area (Å²) in [6, 6.07) is -1.79. The molecule has 0 saturated carbocycles. The number of Topliss-reactive ketones (excluding diaryl/α,β-unsaturated/α-hetero) is 1. The zero-order valence-electron chi connectivity index (χ0n) is 48.5. The maximum atomic E-state index is 15.0. The summed E-state index contributed by atoms with van der Waals surface area (Å²) < 4.78 is 17.3. The van der Waals surface area contributed by atoms with Gasteiger partial charge in [0.1, 0.15) is 48.1 Å². The number of fused-ring (bicyclic) bond motifs is 1. The maximum absolute atomic E-state index is 15.0. The number of rotatable bonds is 15. The molecule has 12 atom stereocenters. The highest BCUT2D eigenvalue weighted by atomic mass is 16.6. The maximum Gasteiger partial charge on any atom is 0.329 e. The average molecular weight is 1100 g/mol. The molecule has 1 aromatic carbocycles. The highest BCUT2D eigenvalue weighted by Crippen LogP contribution is 2.27. The van der Waals surface area contributed by atoms with Crippen LogP contribution in [0.25, 0.3) is 0 Å². The second kappa shape index (κ2) is 29.2. The average Bonchev–Trinajstić information content (AvgIpc) is 4.13. The Morgan fingerprint density at radius 2 is 1.50 bits per heavy atom. The molecule has 3 heterocycles. The number of amides is 7. The minimum absolute atomic E-state index is 0.114. The molecule has 0 bridgehead atoms. The van der Waals surface area contributed by atoms with Crippen LogP contribution >= 0.6 is 0 Å². The Labute approximate surface area is 460 Å². The number of cyclic esters (lactones) is 2. The lowest BCUT2D eigenvalue weighted by Gasteiger charge is -2.36. The molecule has 1 aromatic rings. The van der Waals surface area contributed by atoms with Crippen molar-refractivity contribution in [2.75, 3.05) is 34.3 Å². The first-order valence-electron chi connectivity index (χ1n) is 28.0. The summed E-state index contributed by atoms with van der Waals surface area (Å²) in [6.07, 6.45) is -3.00. The van der Waals surface area contributed by atoms with E-state index in [1.807, 2.05) is 27.7 Å². The zero-order valence-corrected chi connectivity index (χ0v) is 48.5. The summed E-state index contributed by atoms with van der Waals surface area (Å²) in [5.41, 5.74) is 0.585. The molecule has 3 aliphatic rings. The number of esters is 2. The van der Waals surface area contributed by atoms with E-state index in [0.717, 1.165) is 0 Å². The number of carbonyl (C=O) groups excluding carboxylic acids is 10. The van der Waals surface area contributed by atoms with Crippen LogP contribution in [0.1, 0.15) is 140 Å². The normalized spacial score (nSPS) is 27.5. The van der Waals surface area contributed by atoms with E-state index in [9.17, 15) is 53.1 Å². The third-order valence-corrected chi connectivity index (χ3v) is 15.5. The largest absolute Gasteiger partial charge is 0.497 e. The Morgan fingerprint density at radius 1 is 0.859 bits per heavy atom. The molecule has 3 saturated heterocycles. The first-order valence-corrected chi connectivity index (χ1v) is 28.0. The van der Waals surface area contributed by atoms with E-state index in [-0.39, 0.29) is 56.4 Å². The number of carbonyl (C=O) groups is 10. The van der Waals surface area contributed by atoms with Gasteiger partial charge in [-0.25, -0.2) is 4.79 Å². The lowest BCUT2D eigenvalue weighted by molar-refractivity contribution is -0.163. The first-order chi connectivity index (χ1) is 36.7. The predicted molar refractivity (Wildman–Crippen MR) is 289 cm³/mol. The quantitative estimate of drug-likeness (QED) is 0.145. The van der Waals surface area contributed by atoms with Crippen LogP contribution in [0, 0.1) is 29.6 Å². The number of hydrogen-bond acceptors (Lipinski definition) is 14. The lowest BCUT2D eigenvalue weighted by atomic mass is 9.91. The highest BCUT2D eigenvalue weighted by Gasteiger charge is 2.46. The Bertz CT molecular complexity index is 2290. The fourth-order valence-electron chi connectivity index (χ4n) is 10.5. The minimum Gasteiger partial charge on any atom is -0.497 e. The van der Waals surface area contributed by atoms with E-state index in [1.54, 1.807) is 58.9 Å². The van der Waals surface area contributed by atoms with Crippen LogP contribution in [0.2, 0.25) is 0 Å². The van der Waals surface area contributed by atoms with Crippen molar-refractivity contribution >= 4 is 59.1 Å². The molecular weight excluding hydrogens is 1010 g/mol. The molecule has 436 valence electrons. The molecule has 78 heavy (non-hydrogen) atoms. The van der Waals surface area contributed by atoms with Crippen LogP contribution < -0.4 is 20.7 Å². The molecular formula is C57H89N7O14. The molecule has 4 rings (SSSR count). The van der Waals surface area contributed by atoms with E-state index in [0.29, 0.717) is 43.5 Å². The Hall–Kier alpha value is -6.12. The van der Waals surface area contributed by atoms with Gasteiger partial charge in [-0.15, -0.1) is 0 Å². The summed E-state index contributed by atoms with van der Waals surface area (Å²) in [6.45, 7) is 19.1. The van der Waals surface area contributed by atoms with E-state index in [1.165, 1.54) is 54.7 Å². The van der Waals surface area contributed by atoms with Crippen molar-refractivity contribution in [2.24, 2.45) is 29.6 Å². The molecule has 0 aromatic heterocycles. The molecule has 0 spiro atoms. The number of hydrogen-bond donors (Lipinski definition) is 4. The number of likely N-dealkylation sites (tertiary alicyclic amines) is 1. The molecule has 0 unspecified atom stereocenters.